The predicted octanol–water partition coefficient (Wildman–Crippen LogP) is 3.53. The number of H-pyrrole nitrogens is 1. The second kappa shape index (κ2) is 8.90. The fourth-order valence-electron chi connectivity index (χ4n) is 3.71. The number of aryl methyl sites for hydroxylation is 1. The number of carbonyl (C=O) groups excluding carboxylic acids is 2. The molecule has 2 amide bonds. The quantitative estimate of drug-likeness (QED) is 0.682. The molecule has 3 heterocycles. The first kappa shape index (κ1) is 19.8. The van der Waals surface area contributed by atoms with Crippen molar-refractivity contribution in [2.24, 2.45) is 5.92 Å². The van der Waals surface area contributed by atoms with Crippen LogP contribution in [-0.2, 0) is 11.2 Å². The van der Waals surface area contributed by atoms with Crippen LogP contribution in [0.25, 0.3) is 11.3 Å². The van der Waals surface area contributed by atoms with Gasteiger partial charge in [0.15, 0.2) is 0 Å². The standard InChI is InChI=1S/C23H25N5O2/c1-2-16-7-9-19(10-8-16)25-22(29)18-6-4-12-28(15-18)23(30)21-13-20(26-27-21)17-5-3-11-24-14-17/h3,5,7-11,13-14,18H,2,4,6,12,15H2,1H3,(H,25,29)(H,26,27). The zero-order chi connectivity index (χ0) is 20.9. The van der Waals surface area contributed by atoms with Gasteiger partial charge in [-0.1, -0.05) is 19.1 Å². The number of benzene rings is 1. The summed E-state index contributed by atoms with van der Waals surface area (Å²) in [6.07, 6.45) is 5.93. The van der Waals surface area contributed by atoms with E-state index < -0.39 is 0 Å². The van der Waals surface area contributed by atoms with Crippen LogP contribution < -0.4 is 5.32 Å². The SMILES string of the molecule is CCc1ccc(NC(=O)C2CCCN(C(=O)c3cc(-c4cccnc4)n[nH]3)C2)cc1. The number of carbonyl (C=O) groups is 2. The van der Waals surface area contributed by atoms with E-state index in [9.17, 15) is 9.59 Å². The van der Waals surface area contributed by atoms with Gasteiger partial charge in [-0.25, -0.2) is 0 Å². The van der Waals surface area contributed by atoms with Crippen LogP contribution in [0.15, 0.2) is 54.9 Å². The molecule has 1 aliphatic heterocycles. The Labute approximate surface area is 175 Å². The first-order chi connectivity index (χ1) is 14.6. The molecule has 30 heavy (non-hydrogen) atoms. The normalized spacial score (nSPS) is 16.3. The van der Waals surface area contributed by atoms with Crippen molar-refractivity contribution in [1.82, 2.24) is 20.1 Å². The number of hydrogen-bond donors (Lipinski definition) is 2. The summed E-state index contributed by atoms with van der Waals surface area (Å²) in [5.74, 6) is -0.408. The summed E-state index contributed by atoms with van der Waals surface area (Å²) in [7, 11) is 0. The average Bonchev–Trinajstić information content (AvgIpc) is 3.30. The number of aromatic amines is 1. The lowest BCUT2D eigenvalue weighted by Gasteiger charge is -2.31. The van der Waals surface area contributed by atoms with Gasteiger partial charge >= 0.3 is 0 Å². The number of pyridine rings is 1. The Hall–Kier alpha value is -3.48. The van der Waals surface area contributed by atoms with Gasteiger partial charge in [-0.2, -0.15) is 5.10 Å². The average molecular weight is 403 g/mol. The molecule has 2 aromatic heterocycles. The van der Waals surface area contributed by atoms with Crippen LogP contribution in [0, 0.1) is 5.92 Å². The molecule has 1 saturated heterocycles. The van der Waals surface area contributed by atoms with Crippen LogP contribution >= 0.6 is 0 Å². The van der Waals surface area contributed by atoms with Gasteiger partial charge in [0.2, 0.25) is 5.91 Å². The number of anilines is 1. The predicted molar refractivity (Wildman–Crippen MR) is 115 cm³/mol. The van der Waals surface area contributed by atoms with E-state index in [0.717, 1.165) is 30.5 Å². The number of rotatable bonds is 5. The number of aromatic nitrogens is 3. The molecule has 1 fully saturated rings. The topological polar surface area (TPSA) is 91.0 Å². The third-order valence-corrected chi connectivity index (χ3v) is 5.47. The Morgan fingerprint density at radius 2 is 2.07 bits per heavy atom. The fraction of sp³-hybridized carbons (Fsp3) is 0.304. The molecule has 4 rings (SSSR count). The summed E-state index contributed by atoms with van der Waals surface area (Å²) in [5.41, 5.74) is 3.96. The van der Waals surface area contributed by atoms with Crippen molar-refractivity contribution >= 4 is 17.5 Å². The van der Waals surface area contributed by atoms with Crippen molar-refractivity contribution in [3.8, 4) is 11.3 Å². The Morgan fingerprint density at radius 1 is 1.23 bits per heavy atom. The maximum absolute atomic E-state index is 12.9. The van der Waals surface area contributed by atoms with E-state index in [4.69, 9.17) is 0 Å². The summed E-state index contributed by atoms with van der Waals surface area (Å²) in [6, 6.07) is 13.3. The van der Waals surface area contributed by atoms with Crippen molar-refractivity contribution in [2.45, 2.75) is 26.2 Å². The first-order valence-electron chi connectivity index (χ1n) is 10.3. The van der Waals surface area contributed by atoms with E-state index in [2.05, 4.69) is 27.4 Å². The molecule has 1 aromatic carbocycles. The molecule has 0 radical (unpaired) electrons. The Bertz CT molecular complexity index is 1010. The van der Waals surface area contributed by atoms with E-state index >= 15 is 0 Å². The highest BCUT2D eigenvalue weighted by molar-refractivity contribution is 5.95. The maximum atomic E-state index is 12.9. The minimum Gasteiger partial charge on any atom is -0.337 e. The number of nitrogens with one attached hydrogen (secondary N) is 2. The van der Waals surface area contributed by atoms with Gasteiger partial charge in [-0.05, 0) is 55.2 Å². The Balaban J connectivity index is 1.40. The zero-order valence-corrected chi connectivity index (χ0v) is 17.0. The summed E-state index contributed by atoms with van der Waals surface area (Å²) >= 11 is 0. The summed E-state index contributed by atoms with van der Waals surface area (Å²) in [4.78, 5) is 31.5. The highest BCUT2D eigenvalue weighted by Crippen LogP contribution is 2.22. The number of nitrogens with zero attached hydrogens (tertiary/aromatic N) is 3. The second-order valence-electron chi connectivity index (χ2n) is 7.54. The van der Waals surface area contributed by atoms with Crippen LogP contribution in [0.2, 0.25) is 0 Å². The maximum Gasteiger partial charge on any atom is 0.271 e. The second-order valence-corrected chi connectivity index (χ2v) is 7.54. The summed E-state index contributed by atoms with van der Waals surface area (Å²) in [5, 5.41) is 10.0. The largest absolute Gasteiger partial charge is 0.337 e. The van der Waals surface area contributed by atoms with E-state index in [1.807, 2.05) is 36.4 Å². The molecular formula is C23H25N5O2. The van der Waals surface area contributed by atoms with E-state index in [-0.39, 0.29) is 17.7 Å². The molecule has 0 bridgehead atoms. The number of likely N-dealkylation sites (tertiary alicyclic amines) is 1. The van der Waals surface area contributed by atoms with Gasteiger partial charge in [0.1, 0.15) is 5.69 Å². The van der Waals surface area contributed by atoms with Crippen LogP contribution in [0.1, 0.15) is 35.8 Å². The Kier molecular flexibility index (Phi) is 5.88. The number of hydrogen-bond acceptors (Lipinski definition) is 4. The highest BCUT2D eigenvalue weighted by atomic mass is 16.2. The molecule has 3 aromatic rings. The lowest BCUT2D eigenvalue weighted by molar-refractivity contribution is -0.121. The molecule has 0 saturated carbocycles. The summed E-state index contributed by atoms with van der Waals surface area (Å²) in [6.45, 7) is 3.13. The van der Waals surface area contributed by atoms with Crippen molar-refractivity contribution in [3.05, 3.63) is 66.1 Å². The van der Waals surface area contributed by atoms with Crippen molar-refractivity contribution in [3.63, 3.8) is 0 Å². The van der Waals surface area contributed by atoms with Gasteiger partial charge in [0.25, 0.3) is 5.91 Å². The lowest BCUT2D eigenvalue weighted by Crippen LogP contribution is -2.43. The smallest absolute Gasteiger partial charge is 0.271 e. The molecule has 1 aliphatic rings. The lowest BCUT2D eigenvalue weighted by atomic mass is 9.96. The minimum atomic E-state index is -0.228. The molecule has 0 spiro atoms. The number of amides is 2. The fourth-order valence-corrected chi connectivity index (χ4v) is 3.71. The molecule has 7 nitrogen and oxygen atoms in total. The van der Waals surface area contributed by atoms with E-state index in [1.54, 1.807) is 23.4 Å². The first-order valence-corrected chi connectivity index (χ1v) is 10.3. The van der Waals surface area contributed by atoms with Crippen LogP contribution in [-0.4, -0.2) is 45.0 Å². The molecule has 1 atom stereocenters. The third-order valence-electron chi connectivity index (χ3n) is 5.47. The third kappa shape index (κ3) is 4.40. The molecule has 7 heteroatoms. The number of piperidine rings is 1. The van der Waals surface area contributed by atoms with Crippen LogP contribution in [0.4, 0.5) is 5.69 Å². The van der Waals surface area contributed by atoms with Gasteiger partial charge in [-0.3, -0.25) is 19.7 Å². The molecule has 1 unspecified atom stereocenters. The zero-order valence-electron chi connectivity index (χ0n) is 17.0. The van der Waals surface area contributed by atoms with Crippen LogP contribution in [0.3, 0.4) is 0 Å². The minimum absolute atomic E-state index is 0.0441. The van der Waals surface area contributed by atoms with Gasteiger partial charge in [0, 0.05) is 36.7 Å². The van der Waals surface area contributed by atoms with Crippen molar-refractivity contribution < 1.29 is 9.59 Å². The van der Waals surface area contributed by atoms with Gasteiger partial charge in [-0.15, -0.1) is 0 Å². The van der Waals surface area contributed by atoms with E-state index in [1.165, 1.54) is 5.56 Å². The van der Waals surface area contributed by atoms with Gasteiger partial charge < -0.3 is 10.2 Å². The monoisotopic (exact) mass is 403 g/mol. The van der Waals surface area contributed by atoms with Crippen molar-refractivity contribution in [2.75, 3.05) is 18.4 Å². The molecule has 154 valence electrons. The van der Waals surface area contributed by atoms with Crippen molar-refractivity contribution in [1.29, 1.82) is 0 Å². The van der Waals surface area contributed by atoms with Crippen LogP contribution in [0.5, 0.6) is 0 Å². The molecular weight excluding hydrogens is 378 g/mol. The molecule has 2 N–H and O–H groups in total. The van der Waals surface area contributed by atoms with E-state index in [0.29, 0.717) is 24.5 Å². The summed E-state index contributed by atoms with van der Waals surface area (Å²) < 4.78 is 0. The highest BCUT2D eigenvalue weighted by Gasteiger charge is 2.29. The Morgan fingerprint density at radius 3 is 2.80 bits per heavy atom. The van der Waals surface area contributed by atoms with Gasteiger partial charge in [0.05, 0.1) is 11.6 Å². The molecule has 0 aliphatic carbocycles.